The van der Waals surface area contributed by atoms with E-state index in [2.05, 4.69) is 4.74 Å². The number of rotatable bonds is 8. The van der Waals surface area contributed by atoms with Gasteiger partial charge in [-0.1, -0.05) is 0 Å². The molecule has 0 fully saturated rings. The normalized spacial score (nSPS) is 13.4. The standard InChI is InChI=1S/C10H17ClF3NO3/c1-15(5-8(11)6-17-2)9(16)3-4-18-7-10(12,13)14/h8H,3-7H2,1-2H3. The summed E-state index contributed by atoms with van der Waals surface area (Å²) >= 11 is 5.84. The first-order chi connectivity index (χ1) is 8.26. The highest BCUT2D eigenvalue weighted by atomic mass is 35.5. The minimum atomic E-state index is -4.37. The van der Waals surface area contributed by atoms with Gasteiger partial charge in [-0.2, -0.15) is 13.2 Å². The van der Waals surface area contributed by atoms with Crippen LogP contribution in [0.15, 0.2) is 0 Å². The molecule has 0 aliphatic carbocycles. The molecule has 0 aliphatic heterocycles. The third-order valence-electron chi connectivity index (χ3n) is 1.97. The predicted octanol–water partition coefficient (Wildman–Crippen LogP) is 1.67. The molecule has 0 spiro atoms. The molecule has 0 rings (SSSR count). The number of carbonyl (C=O) groups is 1. The van der Waals surface area contributed by atoms with Crippen molar-refractivity contribution in [3.05, 3.63) is 0 Å². The predicted molar refractivity (Wildman–Crippen MR) is 60.6 cm³/mol. The Morgan fingerprint density at radius 2 is 2.06 bits per heavy atom. The molecule has 0 aromatic heterocycles. The van der Waals surface area contributed by atoms with Crippen LogP contribution in [0.2, 0.25) is 0 Å². The van der Waals surface area contributed by atoms with E-state index in [-0.39, 0.29) is 30.9 Å². The van der Waals surface area contributed by atoms with E-state index in [9.17, 15) is 18.0 Å². The van der Waals surface area contributed by atoms with Crippen LogP contribution in [0.1, 0.15) is 6.42 Å². The van der Waals surface area contributed by atoms with E-state index in [1.54, 1.807) is 0 Å². The quantitative estimate of drug-likeness (QED) is 0.504. The summed E-state index contributed by atoms with van der Waals surface area (Å²) < 4.78 is 44.4. The summed E-state index contributed by atoms with van der Waals surface area (Å²) in [4.78, 5) is 12.8. The second kappa shape index (κ2) is 8.55. The number of hydrogen-bond donors (Lipinski definition) is 0. The molecule has 0 bridgehead atoms. The zero-order valence-electron chi connectivity index (χ0n) is 10.3. The molecule has 0 heterocycles. The SMILES string of the molecule is COCC(Cl)CN(C)C(=O)CCOCC(F)(F)F. The van der Waals surface area contributed by atoms with Gasteiger partial charge in [0.15, 0.2) is 0 Å². The van der Waals surface area contributed by atoms with Crippen LogP contribution in [0.25, 0.3) is 0 Å². The minimum absolute atomic E-state index is 0.108. The monoisotopic (exact) mass is 291 g/mol. The van der Waals surface area contributed by atoms with Crippen molar-refractivity contribution in [2.45, 2.75) is 18.0 Å². The average molecular weight is 292 g/mol. The first kappa shape index (κ1) is 17.5. The highest BCUT2D eigenvalue weighted by Crippen LogP contribution is 2.14. The largest absolute Gasteiger partial charge is 0.411 e. The maximum absolute atomic E-state index is 11.7. The summed E-state index contributed by atoms with van der Waals surface area (Å²) in [6.45, 7) is -1.04. The van der Waals surface area contributed by atoms with Crippen molar-refractivity contribution in [2.24, 2.45) is 0 Å². The van der Waals surface area contributed by atoms with Crippen LogP contribution in [-0.4, -0.2) is 62.9 Å². The first-order valence-corrected chi connectivity index (χ1v) is 5.71. The van der Waals surface area contributed by atoms with E-state index in [0.717, 1.165) is 0 Å². The van der Waals surface area contributed by atoms with Gasteiger partial charge in [0, 0.05) is 20.7 Å². The van der Waals surface area contributed by atoms with Crippen LogP contribution in [0.3, 0.4) is 0 Å². The van der Waals surface area contributed by atoms with Crippen molar-refractivity contribution in [3.63, 3.8) is 0 Å². The Bertz CT molecular complexity index is 251. The van der Waals surface area contributed by atoms with Gasteiger partial charge in [-0.15, -0.1) is 11.6 Å². The van der Waals surface area contributed by atoms with E-state index < -0.39 is 12.8 Å². The molecule has 0 N–H and O–H groups in total. The maximum atomic E-state index is 11.7. The Labute approximate surface area is 109 Å². The molecular weight excluding hydrogens is 275 g/mol. The van der Waals surface area contributed by atoms with Gasteiger partial charge in [0.2, 0.25) is 5.91 Å². The van der Waals surface area contributed by atoms with Crippen molar-refractivity contribution < 1.29 is 27.4 Å². The fourth-order valence-electron chi connectivity index (χ4n) is 1.17. The number of halogens is 4. The number of amides is 1. The molecule has 0 saturated heterocycles. The third kappa shape index (κ3) is 9.49. The topological polar surface area (TPSA) is 38.8 Å². The summed E-state index contributed by atoms with van der Waals surface area (Å²) in [6.07, 6.45) is -4.47. The Morgan fingerprint density at radius 1 is 1.44 bits per heavy atom. The lowest BCUT2D eigenvalue weighted by atomic mass is 10.3. The van der Waals surface area contributed by atoms with Gasteiger partial charge in [-0.25, -0.2) is 0 Å². The van der Waals surface area contributed by atoms with Gasteiger partial charge < -0.3 is 14.4 Å². The molecule has 0 radical (unpaired) electrons. The second-order valence-corrected chi connectivity index (χ2v) is 4.36. The lowest BCUT2D eigenvalue weighted by molar-refractivity contribution is -0.175. The van der Waals surface area contributed by atoms with Gasteiger partial charge >= 0.3 is 6.18 Å². The van der Waals surface area contributed by atoms with E-state index >= 15 is 0 Å². The van der Waals surface area contributed by atoms with Gasteiger partial charge in [0.05, 0.1) is 25.0 Å². The lowest BCUT2D eigenvalue weighted by Crippen LogP contribution is -2.34. The summed E-state index contributed by atoms with van der Waals surface area (Å²) in [5.41, 5.74) is 0. The molecule has 0 aromatic rings. The number of carbonyl (C=O) groups excluding carboxylic acids is 1. The van der Waals surface area contributed by atoms with E-state index in [0.29, 0.717) is 6.61 Å². The van der Waals surface area contributed by atoms with Crippen LogP contribution in [0.4, 0.5) is 13.2 Å². The number of hydrogen-bond acceptors (Lipinski definition) is 3. The van der Waals surface area contributed by atoms with Crippen molar-refractivity contribution in [1.29, 1.82) is 0 Å². The number of ether oxygens (including phenoxy) is 2. The number of methoxy groups -OCH3 is 1. The molecule has 0 saturated carbocycles. The van der Waals surface area contributed by atoms with Crippen molar-refractivity contribution in [2.75, 3.05) is 40.5 Å². The molecule has 0 aromatic carbocycles. The molecule has 108 valence electrons. The first-order valence-electron chi connectivity index (χ1n) is 5.27. The Hall–Kier alpha value is -0.530. The van der Waals surface area contributed by atoms with Gasteiger partial charge in [0.25, 0.3) is 0 Å². The molecule has 1 atom stereocenters. The number of nitrogens with zero attached hydrogens (tertiary/aromatic N) is 1. The smallest absolute Gasteiger partial charge is 0.383 e. The Kier molecular flexibility index (Phi) is 8.30. The fraction of sp³-hybridized carbons (Fsp3) is 0.900. The van der Waals surface area contributed by atoms with Gasteiger partial charge in [-0.05, 0) is 0 Å². The zero-order valence-corrected chi connectivity index (χ0v) is 11.1. The van der Waals surface area contributed by atoms with Crippen LogP contribution in [0.5, 0.6) is 0 Å². The molecule has 1 amide bonds. The van der Waals surface area contributed by atoms with E-state index in [1.807, 2.05) is 0 Å². The van der Waals surface area contributed by atoms with E-state index in [1.165, 1.54) is 19.1 Å². The van der Waals surface area contributed by atoms with Crippen LogP contribution in [0, 0.1) is 0 Å². The van der Waals surface area contributed by atoms with Crippen molar-refractivity contribution >= 4 is 17.5 Å². The Balaban J connectivity index is 3.75. The van der Waals surface area contributed by atoms with Crippen LogP contribution < -0.4 is 0 Å². The molecule has 8 heteroatoms. The summed E-state index contributed by atoms with van der Waals surface area (Å²) in [5, 5.41) is -0.347. The fourth-order valence-corrected chi connectivity index (χ4v) is 1.50. The second-order valence-electron chi connectivity index (χ2n) is 3.74. The Morgan fingerprint density at radius 3 is 2.56 bits per heavy atom. The van der Waals surface area contributed by atoms with Crippen LogP contribution >= 0.6 is 11.6 Å². The molecule has 4 nitrogen and oxygen atoms in total. The molecular formula is C10H17ClF3NO3. The molecule has 18 heavy (non-hydrogen) atoms. The maximum Gasteiger partial charge on any atom is 0.411 e. The highest BCUT2D eigenvalue weighted by Gasteiger charge is 2.27. The zero-order chi connectivity index (χ0) is 14.2. The van der Waals surface area contributed by atoms with E-state index in [4.69, 9.17) is 16.3 Å². The van der Waals surface area contributed by atoms with Crippen molar-refractivity contribution in [1.82, 2.24) is 4.90 Å². The summed E-state index contributed by atoms with van der Waals surface area (Å²) in [7, 11) is 3.01. The third-order valence-corrected chi connectivity index (χ3v) is 2.24. The summed E-state index contributed by atoms with van der Waals surface area (Å²) in [5.74, 6) is -0.320. The molecule has 0 aliphatic rings. The average Bonchev–Trinajstić information content (AvgIpc) is 2.22. The van der Waals surface area contributed by atoms with Gasteiger partial charge in [0.1, 0.15) is 6.61 Å². The van der Waals surface area contributed by atoms with Crippen LogP contribution in [-0.2, 0) is 14.3 Å². The summed E-state index contributed by atoms with van der Waals surface area (Å²) in [6, 6.07) is 0. The number of alkyl halides is 4. The lowest BCUT2D eigenvalue weighted by Gasteiger charge is -2.20. The molecule has 1 unspecified atom stereocenters. The highest BCUT2D eigenvalue weighted by molar-refractivity contribution is 6.21. The van der Waals surface area contributed by atoms with Crippen molar-refractivity contribution in [3.8, 4) is 0 Å². The van der Waals surface area contributed by atoms with Gasteiger partial charge in [-0.3, -0.25) is 4.79 Å². The minimum Gasteiger partial charge on any atom is -0.383 e.